The average molecular weight is 391 g/mol. The first-order chi connectivity index (χ1) is 14.0. The van der Waals surface area contributed by atoms with Crippen molar-refractivity contribution in [2.24, 2.45) is 11.8 Å². The summed E-state index contributed by atoms with van der Waals surface area (Å²) in [4.78, 5) is 17.5. The number of hydrogen-bond donors (Lipinski definition) is 1. The fourth-order valence-corrected chi connectivity index (χ4v) is 3.59. The molecule has 1 aliphatic heterocycles. The van der Waals surface area contributed by atoms with Gasteiger partial charge in [0.2, 0.25) is 0 Å². The maximum Gasteiger partial charge on any atom is 0.309 e. The van der Waals surface area contributed by atoms with Crippen molar-refractivity contribution in [2.75, 3.05) is 13.1 Å². The summed E-state index contributed by atoms with van der Waals surface area (Å²) in [6, 6.07) is 14.3. The molecule has 0 atom stereocenters. The Bertz CT molecular complexity index is 971. The first-order valence-electron chi connectivity index (χ1n) is 9.94. The van der Waals surface area contributed by atoms with Crippen LogP contribution >= 0.6 is 0 Å². The van der Waals surface area contributed by atoms with Gasteiger partial charge < -0.3 is 9.63 Å². The Balaban J connectivity index is 1.39. The van der Waals surface area contributed by atoms with Gasteiger partial charge in [-0.25, -0.2) is 0 Å². The number of aromatic nitrogens is 2. The van der Waals surface area contributed by atoms with Crippen LogP contribution in [0.1, 0.15) is 25.0 Å². The molecule has 0 aliphatic carbocycles. The van der Waals surface area contributed by atoms with Crippen molar-refractivity contribution in [1.29, 1.82) is 0 Å². The van der Waals surface area contributed by atoms with Gasteiger partial charge in [0.25, 0.3) is 0 Å². The normalized spacial score (nSPS) is 14.9. The summed E-state index contributed by atoms with van der Waals surface area (Å²) in [5.41, 5.74) is 4.92. The van der Waals surface area contributed by atoms with Crippen LogP contribution in [0.3, 0.4) is 0 Å². The summed E-state index contributed by atoms with van der Waals surface area (Å²) in [7, 11) is 0. The second kappa shape index (κ2) is 8.17. The summed E-state index contributed by atoms with van der Waals surface area (Å²) < 4.78 is 5.51. The molecule has 0 unspecified atom stereocenters. The third-order valence-electron chi connectivity index (χ3n) is 5.19. The number of rotatable bonds is 7. The van der Waals surface area contributed by atoms with Crippen LogP contribution in [0.2, 0.25) is 0 Å². The van der Waals surface area contributed by atoms with Gasteiger partial charge in [0.1, 0.15) is 11.4 Å². The van der Waals surface area contributed by atoms with Crippen LogP contribution in [0, 0.1) is 11.8 Å². The molecule has 4 rings (SSSR count). The molecule has 0 spiro atoms. The Labute approximate surface area is 170 Å². The van der Waals surface area contributed by atoms with Crippen LogP contribution in [0.25, 0.3) is 22.7 Å². The van der Waals surface area contributed by atoms with E-state index in [-0.39, 0.29) is 5.92 Å². The van der Waals surface area contributed by atoms with Crippen LogP contribution in [0.15, 0.2) is 53.2 Å². The molecule has 0 saturated carbocycles. The number of benzene rings is 1. The molecule has 1 N–H and O–H groups in total. The molecule has 0 bridgehead atoms. The van der Waals surface area contributed by atoms with E-state index < -0.39 is 5.97 Å². The highest BCUT2D eigenvalue weighted by Crippen LogP contribution is 2.26. The first kappa shape index (κ1) is 19.3. The van der Waals surface area contributed by atoms with E-state index in [1.807, 2.05) is 24.4 Å². The van der Waals surface area contributed by atoms with Crippen molar-refractivity contribution in [3.05, 3.63) is 59.8 Å². The van der Waals surface area contributed by atoms with E-state index in [1.165, 1.54) is 5.56 Å². The zero-order chi connectivity index (χ0) is 20.4. The Hall–Kier alpha value is -2.99. The smallest absolute Gasteiger partial charge is 0.309 e. The average Bonchev–Trinajstić information content (AvgIpc) is 3.15. The molecule has 0 amide bonds. The Morgan fingerprint density at radius 2 is 1.86 bits per heavy atom. The van der Waals surface area contributed by atoms with E-state index in [9.17, 15) is 4.79 Å². The molecular formula is C23H25N3O3. The van der Waals surface area contributed by atoms with Crippen molar-refractivity contribution >= 4 is 5.97 Å². The Morgan fingerprint density at radius 1 is 1.14 bits per heavy atom. The third kappa shape index (κ3) is 4.54. The molecule has 3 heterocycles. The minimum absolute atomic E-state index is 0.241. The SMILES string of the molecule is CC(C)Cc1ccc(-c2cc(-c3ccc(CN4CC(C(=O)O)C4)cn3)on2)cc1. The lowest BCUT2D eigenvalue weighted by Gasteiger charge is -2.36. The van der Waals surface area contributed by atoms with E-state index in [1.54, 1.807) is 0 Å². The minimum atomic E-state index is -0.717. The first-order valence-corrected chi connectivity index (χ1v) is 9.94. The molecule has 1 aromatic carbocycles. The maximum atomic E-state index is 10.9. The molecule has 2 aromatic heterocycles. The lowest BCUT2D eigenvalue weighted by atomic mass is 10.00. The highest BCUT2D eigenvalue weighted by atomic mass is 16.5. The van der Waals surface area contributed by atoms with Crippen LogP contribution in [0.5, 0.6) is 0 Å². The lowest BCUT2D eigenvalue weighted by molar-refractivity contribution is -0.147. The fourth-order valence-electron chi connectivity index (χ4n) is 3.59. The minimum Gasteiger partial charge on any atom is -0.481 e. The van der Waals surface area contributed by atoms with Gasteiger partial charge in [0.05, 0.1) is 5.92 Å². The summed E-state index contributed by atoms with van der Waals surface area (Å²) in [5, 5.41) is 13.1. The van der Waals surface area contributed by atoms with Crippen LogP contribution in [-0.4, -0.2) is 39.2 Å². The predicted molar refractivity (Wildman–Crippen MR) is 110 cm³/mol. The van der Waals surface area contributed by atoms with E-state index in [0.717, 1.165) is 28.9 Å². The molecule has 6 heteroatoms. The molecule has 0 radical (unpaired) electrons. The number of carbonyl (C=O) groups is 1. The Kier molecular flexibility index (Phi) is 5.45. The van der Waals surface area contributed by atoms with E-state index in [4.69, 9.17) is 9.63 Å². The molecule has 6 nitrogen and oxygen atoms in total. The van der Waals surface area contributed by atoms with Crippen molar-refractivity contribution in [2.45, 2.75) is 26.8 Å². The standard InChI is InChI=1S/C23H25N3O3/c1-15(2)9-16-3-6-18(7-4-16)21-10-22(29-25-21)20-8-5-17(11-24-20)12-26-13-19(14-26)23(27)28/h3-8,10-11,15,19H,9,12-14H2,1-2H3,(H,27,28). The van der Waals surface area contributed by atoms with E-state index in [2.05, 4.69) is 53.2 Å². The summed E-state index contributed by atoms with van der Waals surface area (Å²) in [6.45, 7) is 6.33. The van der Waals surface area contributed by atoms with E-state index >= 15 is 0 Å². The largest absolute Gasteiger partial charge is 0.481 e. The number of nitrogens with zero attached hydrogens (tertiary/aromatic N) is 3. The van der Waals surface area contributed by atoms with Crippen LogP contribution < -0.4 is 0 Å². The number of carboxylic acid groups (broad SMARTS) is 1. The zero-order valence-corrected chi connectivity index (χ0v) is 16.7. The number of carboxylic acids is 1. The van der Waals surface area contributed by atoms with Gasteiger partial charge in [-0.05, 0) is 29.5 Å². The van der Waals surface area contributed by atoms with Crippen molar-refractivity contribution in [3.63, 3.8) is 0 Å². The quantitative estimate of drug-likeness (QED) is 0.653. The number of aliphatic carboxylic acids is 1. The molecule has 1 fully saturated rings. The molecule has 29 heavy (non-hydrogen) atoms. The highest BCUT2D eigenvalue weighted by molar-refractivity contribution is 5.71. The summed E-state index contributed by atoms with van der Waals surface area (Å²) >= 11 is 0. The molecule has 3 aromatic rings. The van der Waals surface area contributed by atoms with Gasteiger partial charge in [0.15, 0.2) is 5.76 Å². The van der Waals surface area contributed by atoms with Gasteiger partial charge in [-0.1, -0.05) is 49.3 Å². The second-order valence-electron chi connectivity index (χ2n) is 8.15. The topological polar surface area (TPSA) is 79.5 Å². The van der Waals surface area contributed by atoms with Crippen molar-refractivity contribution in [1.82, 2.24) is 15.0 Å². The van der Waals surface area contributed by atoms with Gasteiger partial charge >= 0.3 is 5.97 Å². The Morgan fingerprint density at radius 3 is 2.48 bits per heavy atom. The molecular weight excluding hydrogens is 366 g/mol. The number of hydrogen-bond acceptors (Lipinski definition) is 5. The molecule has 150 valence electrons. The molecule has 1 saturated heterocycles. The van der Waals surface area contributed by atoms with Gasteiger partial charge in [-0.15, -0.1) is 0 Å². The monoisotopic (exact) mass is 391 g/mol. The maximum absolute atomic E-state index is 10.9. The lowest BCUT2D eigenvalue weighted by Crippen LogP contribution is -2.49. The number of pyridine rings is 1. The van der Waals surface area contributed by atoms with Crippen LogP contribution in [0.4, 0.5) is 0 Å². The molecule has 1 aliphatic rings. The number of likely N-dealkylation sites (tertiary alicyclic amines) is 1. The van der Waals surface area contributed by atoms with Gasteiger partial charge in [-0.3, -0.25) is 14.7 Å². The third-order valence-corrected chi connectivity index (χ3v) is 5.19. The van der Waals surface area contributed by atoms with Crippen LogP contribution in [-0.2, 0) is 17.8 Å². The predicted octanol–water partition coefficient (Wildman–Crippen LogP) is 4.12. The highest BCUT2D eigenvalue weighted by Gasteiger charge is 2.32. The van der Waals surface area contributed by atoms with Gasteiger partial charge in [0, 0.05) is 37.5 Å². The second-order valence-corrected chi connectivity index (χ2v) is 8.15. The van der Waals surface area contributed by atoms with Crippen molar-refractivity contribution < 1.29 is 14.4 Å². The summed E-state index contributed by atoms with van der Waals surface area (Å²) in [6.07, 6.45) is 2.88. The van der Waals surface area contributed by atoms with E-state index in [0.29, 0.717) is 31.3 Å². The fraction of sp³-hybridized carbons (Fsp3) is 0.348. The van der Waals surface area contributed by atoms with Crippen molar-refractivity contribution in [3.8, 4) is 22.7 Å². The van der Waals surface area contributed by atoms with Gasteiger partial charge in [-0.2, -0.15) is 0 Å². The zero-order valence-electron chi connectivity index (χ0n) is 16.7. The summed E-state index contributed by atoms with van der Waals surface area (Å²) in [5.74, 6) is 0.306.